The Labute approximate surface area is 95.9 Å². The number of ether oxygens (including phenoxy) is 1. The lowest BCUT2D eigenvalue weighted by atomic mass is 9.79. The molecule has 0 aromatic heterocycles. The number of hydrogen-bond donors (Lipinski definition) is 0. The van der Waals surface area contributed by atoms with E-state index >= 15 is 0 Å². The molecule has 2 saturated heterocycles. The minimum Gasteiger partial charge on any atom is -0.444 e. The molecule has 2 atom stereocenters. The first-order valence-corrected chi connectivity index (χ1v) is 5.89. The number of amides is 1. The zero-order valence-electron chi connectivity index (χ0n) is 10.2. The highest BCUT2D eigenvalue weighted by atomic mass is 16.6. The van der Waals surface area contributed by atoms with Gasteiger partial charge in [0.2, 0.25) is 0 Å². The minimum absolute atomic E-state index is 0.0533. The zero-order chi connectivity index (χ0) is 11.9. The van der Waals surface area contributed by atoms with Crippen LogP contribution in [0.3, 0.4) is 0 Å². The average molecular weight is 225 g/mol. The lowest BCUT2D eigenvalue weighted by Crippen LogP contribution is -2.55. The highest BCUT2D eigenvalue weighted by Crippen LogP contribution is 2.33. The van der Waals surface area contributed by atoms with Crippen molar-refractivity contribution in [2.75, 3.05) is 6.54 Å². The first-order chi connectivity index (χ1) is 7.37. The van der Waals surface area contributed by atoms with E-state index in [-0.39, 0.29) is 18.1 Å². The largest absolute Gasteiger partial charge is 0.444 e. The summed E-state index contributed by atoms with van der Waals surface area (Å²) in [6.45, 7) is 6.13. The van der Waals surface area contributed by atoms with Gasteiger partial charge in [0.1, 0.15) is 11.4 Å². The van der Waals surface area contributed by atoms with Crippen molar-refractivity contribution >= 4 is 11.9 Å². The molecule has 0 radical (unpaired) electrons. The fourth-order valence-corrected chi connectivity index (χ4v) is 2.45. The maximum absolute atomic E-state index is 11.9. The van der Waals surface area contributed by atoms with Crippen molar-refractivity contribution in [3.63, 3.8) is 0 Å². The Morgan fingerprint density at radius 1 is 1.38 bits per heavy atom. The third-order valence-corrected chi connectivity index (χ3v) is 3.23. The van der Waals surface area contributed by atoms with E-state index in [9.17, 15) is 9.59 Å². The summed E-state index contributed by atoms with van der Waals surface area (Å²) in [5.74, 6) is 0.369. The Bertz CT molecular complexity index is 319. The van der Waals surface area contributed by atoms with Gasteiger partial charge in [-0.25, -0.2) is 4.79 Å². The lowest BCUT2D eigenvalue weighted by molar-refractivity contribution is -0.131. The molecule has 0 aromatic rings. The molecule has 0 N–H and O–H groups in total. The quantitative estimate of drug-likeness (QED) is 0.633. The molecule has 4 nitrogen and oxygen atoms in total. The number of rotatable bonds is 0. The van der Waals surface area contributed by atoms with Crippen LogP contribution in [0, 0.1) is 5.92 Å². The molecule has 0 spiro atoms. The summed E-state index contributed by atoms with van der Waals surface area (Å²) in [7, 11) is 0. The lowest BCUT2D eigenvalue weighted by Gasteiger charge is -2.44. The number of hydrogen-bond acceptors (Lipinski definition) is 3. The Morgan fingerprint density at radius 3 is 2.50 bits per heavy atom. The molecule has 1 unspecified atom stereocenters. The van der Waals surface area contributed by atoms with Crippen molar-refractivity contribution in [3.8, 4) is 0 Å². The summed E-state index contributed by atoms with van der Waals surface area (Å²) in [4.78, 5) is 25.2. The van der Waals surface area contributed by atoms with Gasteiger partial charge in [-0.1, -0.05) is 0 Å². The third-order valence-electron chi connectivity index (χ3n) is 3.23. The van der Waals surface area contributed by atoms with E-state index in [1.54, 1.807) is 4.90 Å². The molecule has 16 heavy (non-hydrogen) atoms. The second-order valence-corrected chi connectivity index (χ2v) is 5.73. The molecule has 1 amide bonds. The van der Waals surface area contributed by atoms with Gasteiger partial charge in [0.05, 0.1) is 0 Å². The minimum atomic E-state index is -0.461. The van der Waals surface area contributed by atoms with Crippen LogP contribution in [0.25, 0.3) is 0 Å². The first-order valence-electron chi connectivity index (χ1n) is 5.89. The standard InChI is InChI=1S/C12H19NO3/c1-12(2,3)16-11(15)13-7-8-4-5-9(13)6-10(8)14/h8-9H,4-7H2,1-3H3/t8-,9?/m0/s1. The maximum Gasteiger partial charge on any atom is 0.410 e. The van der Waals surface area contributed by atoms with Gasteiger partial charge < -0.3 is 9.64 Å². The van der Waals surface area contributed by atoms with Crippen LogP contribution in [0.5, 0.6) is 0 Å². The molecule has 1 saturated carbocycles. The van der Waals surface area contributed by atoms with E-state index in [0.717, 1.165) is 12.8 Å². The molecular formula is C12H19NO3. The summed E-state index contributed by atoms with van der Waals surface area (Å²) in [6, 6.07) is 0.0762. The molecule has 2 aliphatic heterocycles. The first kappa shape index (κ1) is 11.4. The van der Waals surface area contributed by atoms with E-state index in [1.165, 1.54) is 0 Å². The number of fused-ring (bicyclic) bond motifs is 3. The Kier molecular flexibility index (Phi) is 2.68. The number of ketones is 1. The van der Waals surface area contributed by atoms with Crippen molar-refractivity contribution in [2.24, 2.45) is 5.92 Å². The Hall–Kier alpha value is -1.06. The summed E-state index contributed by atoms with van der Waals surface area (Å²) < 4.78 is 5.34. The molecule has 3 aliphatic rings. The predicted molar refractivity (Wildman–Crippen MR) is 59.1 cm³/mol. The van der Waals surface area contributed by atoms with Gasteiger partial charge in [0, 0.05) is 24.9 Å². The maximum atomic E-state index is 11.9. The van der Waals surface area contributed by atoms with Crippen LogP contribution < -0.4 is 0 Å². The number of nitrogens with zero attached hydrogens (tertiary/aromatic N) is 1. The van der Waals surface area contributed by atoms with Crippen molar-refractivity contribution in [3.05, 3.63) is 0 Å². The van der Waals surface area contributed by atoms with Gasteiger partial charge in [0.15, 0.2) is 0 Å². The van der Waals surface area contributed by atoms with Gasteiger partial charge in [-0.15, -0.1) is 0 Å². The van der Waals surface area contributed by atoms with Crippen LogP contribution in [-0.4, -0.2) is 35.0 Å². The number of piperidine rings is 2. The van der Waals surface area contributed by atoms with Gasteiger partial charge in [0.25, 0.3) is 0 Å². The third kappa shape index (κ3) is 2.20. The topological polar surface area (TPSA) is 46.6 Å². The monoisotopic (exact) mass is 225 g/mol. The van der Waals surface area contributed by atoms with Crippen molar-refractivity contribution in [2.45, 2.75) is 51.7 Å². The summed E-state index contributed by atoms with van der Waals surface area (Å²) in [5.41, 5.74) is -0.461. The molecule has 2 heterocycles. The van der Waals surface area contributed by atoms with E-state index in [2.05, 4.69) is 0 Å². The molecule has 2 bridgehead atoms. The highest BCUT2D eigenvalue weighted by molar-refractivity contribution is 5.85. The van der Waals surface area contributed by atoms with Crippen molar-refractivity contribution in [1.29, 1.82) is 0 Å². The summed E-state index contributed by atoms with van der Waals surface area (Å²) >= 11 is 0. The van der Waals surface area contributed by atoms with Gasteiger partial charge in [-0.2, -0.15) is 0 Å². The van der Waals surface area contributed by atoms with E-state index < -0.39 is 5.60 Å². The molecule has 0 aromatic carbocycles. The molecule has 3 fully saturated rings. The fraction of sp³-hybridized carbons (Fsp3) is 0.833. The predicted octanol–water partition coefficient (Wildman–Crippen LogP) is 1.97. The second-order valence-electron chi connectivity index (χ2n) is 5.73. The molecule has 3 rings (SSSR count). The molecular weight excluding hydrogens is 206 g/mol. The van der Waals surface area contributed by atoms with E-state index in [0.29, 0.717) is 18.7 Å². The van der Waals surface area contributed by atoms with E-state index in [4.69, 9.17) is 4.74 Å². The molecule has 1 aliphatic carbocycles. The highest BCUT2D eigenvalue weighted by Gasteiger charge is 2.42. The molecule has 90 valence electrons. The zero-order valence-corrected chi connectivity index (χ0v) is 10.2. The van der Waals surface area contributed by atoms with Crippen LogP contribution in [0.2, 0.25) is 0 Å². The van der Waals surface area contributed by atoms with Crippen LogP contribution >= 0.6 is 0 Å². The number of carbonyl (C=O) groups excluding carboxylic acids is 2. The van der Waals surface area contributed by atoms with Crippen LogP contribution in [0.1, 0.15) is 40.0 Å². The summed E-state index contributed by atoms with van der Waals surface area (Å²) in [5, 5.41) is 0. The summed E-state index contributed by atoms with van der Waals surface area (Å²) in [6.07, 6.45) is 2.12. The van der Waals surface area contributed by atoms with E-state index in [1.807, 2.05) is 20.8 Å². The second kappa shape index (κ2) is 3.75. The smallest absolute Gasteiger partial charge is 0.410 e. The molecule has 4 heteroatoms. The fourth-order valence-electron chi connectivity index (χ4n) is 2.45. The van der Waals surface area contributed by atoms with Crippen molar-refractivity contribution in [1.82, 2.24) is 4.90 Å². The van der Waals surface area contributed by atoms with Crippen molar-refractivity contribution < 1.29 is 14.3 Å². The van der Waals surface area contributed by atoms with Crippen LogP contribution in [-0.2, 0) is 9.53 Å². The van der Waals surface area contributed by atoms with Crippen LogP contribution in [0.4, 0.5) is 4.79 Å². The Balaban J connectivity index is 2.02. The number of Topliss-reactive ketones (excluding diaryl/α,β-unsaturated/α-hetero) is 1. The van der Waals surface area contributed by atoms with Crippen LogP contribution in [0.15, 0.2) is 0 Å². The van der Waals surface area contributed by atoms with Gasteiger partial charge in [-0.3, -0.25) is 4.79 Å². The van der Waals surface area contributed by atoms with Gasteiger partial charge in [-0.05, 0) is 33.6 Å². The van der Waals surface area contributed by atoms with Gasteiger partial charge >= 0.3 is 6.09 Å². The normalized spacial score (nSPS) is 29.4. The Morgan fingerprint density at radius 2 is 2.06 bits per heavy atom. The SMILES string of the molecule is CC(C)(C)OC(=O)N1C[C@@H]2CCC1CC2=O. The number of carbonyl (C=O) groups is 2. The average Bonchev–Trinajstić information content (AvgIpc) is 2.15.